The van der Waals surface area contributed by atoms with Gasteiger partial charge in [-0.05, 0) is 59.9 Å². The van der Waals surface area contributed by atoms with Crippen LogP contribution in [0, 0.1) is 0 Å². The van der Waals surface area contributed by atoms with Crippen LogP contribution in [0.2, 0.25) is 0 Å². The highest BCUT2D eigenvalue weighted by atomic mass is 14.5. The molecule has 2 aromatic carbocycles. The lowest BCUT2D eigenvalue weighted by atomic mass is 9.65. The normalized spacial score (nSPS) is 17.1. The minimum atomic E-state index is 0.414. The lowest BCUT2D eigenvalue weighted by Gasteiger charge is -2.39. The van der Waals surface area contributed by atoms with E-state index < -0.39 is 0 Å². The number of rotatable bonds is 5. The zero-order valence-corrected chi connectivity index (χ0v) is 14.4. The zero-order valence-electron chi connectivity index (χ0n) is 14.4. The van der Waals surface area contributed by atoms with Crippen molar-refractivity contribution in [3.63, 3.8) is 0 Å². The van der Waals surface area contributed by atoms with E-state index in [0.29, 0.717) is 5.41 Å². The van der Waals surface area contributed by atoms with Gasteiger partial charge in [0.05, 0.1) is 0 Å². The molecule has 1 heteroatoms. The van der Waals surface area contributed by atoms with Gasteiger partial charge in [0, 0.05) is 5.69 Å². The topological polar surface area (TPSA) is 26.0 Å². The molecule has 0 spiro atoms. The molecule has 0 bridgehead atoms. The van der Waals surface area contributed by atoms with Crippen molar-refractivity contribution in [2.45, 2.75) is 63.7 Å². The number of hydrogen-bond donors (Lipinski definition) is 1. The molecular weight excluding hydrogens is 278 g/mol. The molecule has 0 unspecified atom stereocenters. The van der Waals surface area contributed by atoms with Crippen LogP contribution in [-0.4, -0.2) is 0 Å². The summed E-state index contributed by atoms with van der Waals surface area (Å²) in [5.41, 5.74) is 11.6. The molecule has 1 fully saturated rings. The second-order valence-electron chi connectivity index (χ2n) is 7.17. The van der Waals surface area contributed by atoms with E-state index in [2.05, 4.69) is 43.3 Å². The van der Waals surface area contributed by atoms with Gasteiger partial charge < -0.3 is 5.73 Å². The number of nitrogen functional groups attached to an aromatic ring is 1. The van der Waals surface area contributed by atoms with Crippen molar-refractivity contribution in [2.24, 2.45) is 0 Å². The Labute approximate surface area is 140 Å². The fourth-order valence-electron chi connectivity index (χ4n) is 4.41. The van der Waals surface area contributed by atoms with Gasteiger partial charge in [-0.2, -0.15) is 0 Å². The highest BCUT2D eigenvalue weighted by molar-refractivity contribution is 5.43. The highest BCUT2D eigenvalue weighted by Crippen LogP contribution is 2.44. The number of benzene rings is 2. The largest absolute Gasteiger partial charge is 0.399 e. The maximum Gasteiger partial charge on any atom is 0.0314 e. The molecule has 2 N–H and O–H groups in total. The van der Waals surface area contributed by atoms with Crippen molar-refractivity contribution in [1.82, 2.24) is 0 Å². The fraction of sp³-hybridized carbons (Fsp3) is 0.455. The van der Waals surface area contributed by atoms with E-state index in [-0.39, 0.29) is 0 Å². The third-order valence-corrected chi connectivity index (χ3v) is 5.50. The first-order chi connectivity index (χ1) is 11.2. The Morgan fingerprint density at radius 3 is 2.30 bits per heavy atom. The van der Waals surface area contributed by atoms with Crippen molar-refractivity contribution in [3.05, 3.63) is 65.2 Å². The minimum Gasteiger partial charge on any atom is -0.399 e. The Kier molecular flexibility index (Phi) is 5.05. The van der Waals surface area contributed by atoms with Gasteiger partial charge in [-0.3, -0.25) is 0 Å². The van der Waals surface area contributed by atoms with Crippen LogP contribution >= 0.6 is 0 Å². The molecule has 1 aliphatic rings. The van der Waals surface area contributed by atoms with Gasteiger partial charge in [0.1, 0.15) is 0 Å². The summed E-state index contributed by atoms with van der Waals surface area (Å²) in [6.07, 6.45) is 10.5. The molecule has 1 saturated carbocycles. The van der Waals surface area contributed by atoms with Crippen molar-refractivity contribution < 1.29 is 0 Å². The van der Waals surface area contributed by atoms with Crippen molar-refractivity contribution >= 4 is 5.69 Å². The highest BCUT2D eigenvalue weighted by Gasteiger charge is 2.34. The summed E-state index contributed by atoms with van der Waals surface area (Å²) in [5, 5.41) is 0. The summed E-state index contributed by atoms with van der Waals surface area (Å²) in [6, 6.07) is 17.5. The van der Waals surface area contributed by atoms with E-state index >= 15 is 0 Å². The van der Waals surface area contributed by atoms with Crippen LogP contribution in [-0.2, 0) is 11.8 Å². The first-order valence-electron chi connectivity index (χ1n) is 9.16. The summed E-state index contributed by atoms with van der Waals surface area (Å²) < 4.78 is 0. The molecule has 23 heavy (non-hydrogen) atoms. The van der Waals surface area contributed by atoms with Crippen molar-refractivity contribution in [2.75, 3.05) is 5.73 Å². The van der Waals surface area contributed by atoms with Crippen LogP contribution in [0.1, 0.15) is 68.6 Å². The smallest absolute Gasteiger partial charge is 0.0314 e. The van der Waals surface area contributed by atoms with E-state index in [0.717, 1.165) is 12.1 Å². The molecule has 0 aromatic heterocycles. The van der Waals surface area contributed by atoms with Gasteiger partial charge in [0.25, 0.3) is 0 Å². The van der Waals surface area contributed by atoms with E-state index in [9.17, 15) is 0 Å². The van der Waals surface area contributed by atoms with Gasteiger partial charge in [-0.25, -0.2) is 0 Å². The maximum absolute atomic E-state index is 5.83. The van der Waals surface area contributed by atoms with Crippen LogP contribution in [0.3, 0.4) is 0 Å². The van der Waals surface area contributed by atoms with Crippen molar-refractivity contribution in [1.29, 1.82) is 0 Å². The predicted molar refractivity (Wildman–Crippen MR) is 99.8 cm³/mol. The first kappa shape index (κ1) is 16.1. The van der Waals surface area contributed by atoms with Gasteiger partial charge in [-0.1, -0.05) is 69.0 Å². The molecule has 0 radical (unpaired) electrons. The van der Waals surface area contributed by atoms with E-state index in [1.165, 1.54) is 56.1 Å². The van der Waals surface area contributed by atoms with Gasteiger partial charge in [0.2, 0.25) is 0 Å². The van der Waals surface area contributed by atoms with Crippen LogP contribution in [0.4, 0.5) is 5.69 Å². The summed E-state index contributed by atoms with van der Waals surface area (Å²) >= 11 is 0. The summed E-state index contributed by atoms with van der Waals surface area (Å²) in [6.45, 7) is 2.33. The molecule has 2 aromatic rings. The molecule has 0 heterocycles. The number of anilines is 1. The Morgan fingerprint density at radius 1 is 0.913 bits per heavy atom. The second kappa shape index (κ2) is 7.21. The summed E-state index contributed by atoms with van der Waals surface area (Å²) in [4.78, 5) is 0. The SMILES string of the molecule is CCCC1(c2ccccc2Cc2ccc(N)cc2)CCCCC1. The first-order valence-corrected chi connectivity index (χ1v) is 9.16. The Hall–Kier alpha value is -1.76. The van der Waals surface area contributed by atoms with Gasteiger partial charge in [0.15, 0.2) is 0 Å². The zero-order chi connectivity index (χ0) is 16.1. The van der Waals surface area contributed by atoms with Crippen LogP contribution < -0.4 is 5.73 Å². The average Bonchev–Trinajstić information content (AvgIpc) is 2.58. The minimum absolute atomic E-state index is 0.414. The molecule has 0 saturated heterocycles. The van der Waals surface area contributed by atoms with Gasteiger partial charge in [-0.15, -0.1) is 0 Å². The van der Waals surface area contributed by atoms with Crippen LogP contribution in [0.15, 0.2) is 48.5 Å². The third-order valence-electron chi connectivity index (χ3n) is 5.50. The monoisotopic (exact) mass is 307 g/mol. The molecule has 0 amide bonds. The van der Waals surface area contributed by atoms with Gasteiger partial charge >= 0.3 is 0 Å². The lowest BCUT2D eigenvalue weighted by Crippen LogP contribution is -2.30. The van der Waals surface area contributed by atoms with Crippen LogP contribution in [0.5, 0.6) is 0 Å². The Morgan fingerprint density at radius 2 is 1.61 bits per heavy atom. The molecule has 0 atom stereocenters. The number of nitrogens with two attached hydrogens (primary N) is 1. The lowest BCUT2D eigenvalue weighted by molar-refractivity contribution is 0.270. The fourth-order valence-corrected chi connectivity index (χ4v) is 4.41. The molecule has 0 aliphatic heterocycles. The molecule has 122 valence electrons. The molecule has 1 aliphatic carbocycles. The Bertz CT molecular complexity index is 615. The third kappa shape index (κ3) is 3.60. The molecule has 1 nitrogen and oxygen atoms in total. The average molecular weight is 307 g/mol. The van der Waals surface area contributed by atoms with E-state index in [1.807, 2.05) is 12.1 Å². The molecular formula is C22H29N. The quantitative estimate of drug-likeness (QED) is 0.688. The van der Waals surface area contributed by atoms with Crippen molar-refractivity contribution in [3.8, 4) is 0 Å². The number of hydrogen-bond acceptors (Lipinski definition) is 1. The van der Waals surface area contributed by atoms with Crippen LogP contribution in [0.25, 0.3) is 0 Å². The van der Waals surface area contributed by atoms with E-state index in [4.69, 9.17) is 5.73 Å². The summed E-state index contributed by atoms with van der Waals surface area (Å²) in [5.74, 6) is 0. The summed E-state index contributed by atoms with van der Waals surface area (Å²) in [7, 11) is 0. The van der Waals surface area contributed by atoms with E-state index in [1.54, 1.807) is 5.56 Å². The standard InChI is InChI=1S/C22H29N/c1-2-14-22(15-6-3-7-16-22)21-9-5-4-8-19(21)17-18-10-12-20(23)13-11-18/h4-5,8-13H,2-3,6-7,14-17,23H2,1H3. The maximum atomic E-state index is 5.83. The Balaban J connectivity index is 1.94. The second-order valence-corrected chi connectivity index (χ2v) is 7.17. The molecule has 3 rings (SSSR count). The predicted octanol–water partition coefficient (Wildman–Crippen LogP) is 5.86.